The van der Waals surface area contributed by atoms with Crippen molar-refractivity contribution in [1.82, 2.24) is 4.90 Å². The molecule has 2 fully saturated rings. The Morgan fingerprint density at radius 2 is 1.67 bits per heavy atom. The van der Waals surface area contributed by atoms with Crippen LogP contribution in [0, 0.1) is 5.92 Å². The van der Waals surface area contributed by atoms with E-state index in [1.807, 2.05) is 0 Å². The van der Waals surface area contributed by atoms with Gasteiger partial charge in [0.25, 0.3) is 0 Å². The van der Waals surface area contributed by atoms with Gasteiger partial charge in [-0.2, -0.15) is 0 Å². The van der Waals surface area contributed by atoms with Gasteiger partial charge >= 0.3 is 0 Å². The zero-order valence-electron chi connectivity index (χ0n) is 9.96. The number of hydrogen-bond donors (Lipinski definition) is 1. The smallest absolute Gasteiger partial charge is 0.0219 e. The Labute approximate surface area is 94.2 Å². The van der Waals surface area contributed by atoms with Gasteiger partial charge in [0.1, 0.15) is 0 Å². The highest BCUT2D eigenvalue weighted by molar-refractivity contribution is 4.82. The van der Waals surface area contributed by atoms with Gasteiger partial charge in [0, 0.05) is 19.1 Å². The predicted octanol–water partition coefficient (Wildman–Crippen LogP) is 2.38. The Kier molecular flexibility index (Phi) is 4.45. The maximum absolute atomic E-state index is 5.82. The molecule has 0 aromatic carbocycles. The first kappa shape index (κ1) is 11.4. The standard InChI is InChI=1S/C13H26N2/c14-10-13-8-5-9-15(13)11-12-6-3-1-2-4-7-12/h12-13H,1-11,14H2. The number of hydrogen-bond acceptors (Lipinski definition) is 2. The number of likely N-dealkylation sites (tertiary alicyclic amines) is 1. The molecule has 2 heteroatoms. The van der Waals surface area contributed by atoms with E-state index in [1.165, 1.54) is 64.5 Å². The Morgan fingerprint density at radius 3 is 2.33 bits per heavy atom. The van der Waals surface area contributed by atoms with Crippen LogP contribution in [-0.4, -0.2) is 30.6 Å². The third-order valence-corrected chi connectivity index (χ3v) is 4.24. The summed E-state index contributed by atoms with van der Waals surface area (Å²) in [6.07, 6.45) is 11.5. The molecule has 1 heterocycles. The van der Waals surface area contributed by atoms with Crippen molar-refractivity contribution in [3.63, 3.8) is 0 Å². The van der Waals surface area contributed by atoms with Crippen LogP contribution in [-0.2, 0) is 0 Å². The van der Waals surface area contributed by atoms with Crippen LogP contribution in [0.1, 0.15) is 51.4 Å². The maximum Gasteiger partial charge on any atom is 0.0219 e. The van der Waals surface area contributed by atoms with Crippen LogP contribution >= 0.6 is 0 Å². The monoisotopic (exact) mass is 210 g/mol. The van der Waals surface area contributed by atoms with Crippen molar-refractivity contribution in [3.05, 3.63) is 0 Å². The zero-order chi connectivity index (χ0) is 10.5. The van der Waals surface area contributed by atoms with E-state index in [2.05, 4.69) is 4.90 Å². The van der Waals surface area contributed by atoms with Crippen molar-refractivity contribution in [3.8, 4) is 0 Å². The van der Waals surface area contributed by atoms with Gasteiger partial charge in [0.2, 0.25) is 0 Å². The fourth-order valence-electron chi connectivity index (χ4n) is 3.28. The summed E-state index contributed by atoms with van der Waals surface area (Å²) >= 11 is 0. The SMILES string of the molecule is NCC1CCCN1CC1CCCCCC1. The summed E-state index contributed by atoms with van der Waals surface area (Å²) in [5.74, 6) is 0.972. The van der Waals surface area contributed by atoms with Crippen LogP contribution in [0.25, 0.3) is 0 Å². The van der Waals surface area contributed by atoms with E-state index in [4.69, 9.17) is 5.73 Å². The molecule has 1 saturated carbocycles. The molecule has 1 aliphatic heterocycles. The van der Waals surface area contributed by atoms with E-state index in [9.17, 15) is 0 Å². The second-order valence-corrected chi connectivity index (χ2v) is 5.38. The molecule has 2 aliphatic rings. The number of rotatable bonds is 3. The van der Waals surface area contributed by atoms with E-state index in [0.29, 0.717) is 6.04 Å². The van der Waals surface area contributed by atoms with E-state index in [0.717, 1.165) is 12.5 Å². The van der Waals surface area contributed by atoms with E-state index in [-0.39, 0.29) is 0 Å². The molecule has 88 valence electrons. The Hall–Kier alpha value is -0.0800. The largest absolute Gasteiger partial charge is 0.329 e. The van der Waals surface area contributed by atoms with E-state index < -0.39 is 0 Å². The first-order valence-electron chi connectivity index (χ1n) is 6.84. The molecule has 1 aliphatic carbocycles. The summed E-state index contributed by atoms with van der Waals surface area (Å²) in [5, 5.41) is 0. The van der Waals surface area contributed by atoms with Gasteiger partial charge in [0.15, 0.2) is 0 Å². The molecule has 0 aromatic heterocycles. The molecule has 0 amide bonds. The molecule has 1 atom stereocenters. The first-order chi connectivity index (χ1) is 7.40. The van der Waals surface area contributed by atoms with Crippen LogP contribution in [0.5, 0.6) is 0 Å². The van der Waals surface area contributed by atoms with Crippen molar-refractivity contribution in [2.24, 2.45) is 11.7 Å². The van der Waals surface area contributed by atoms with Crippen LogP contribution < -0.4 is 5.73 Å². The molecule has 15 heavy (non-hydrogen) atoms. The highest BCUT2D eigenvalue weighted by atomic mass is 15.2. The van der Waals surface area contributed by atoms with E-state index >= 15 is 0 Å². The van der Waals surface area contributed by atoms with Gasteiger partial charge in [0.05, 0.1) is 0 Å². The summed E-state index contributed by atoms with van der Waals surface area (Å²) < 4.78 is 0. The van der Waals surface area contributed by atoms with Gasteiger partial charge in [-0.25, -0.2) is 0 Å². The quantitative estimate of drug-likeness (QED) is 0.725. The summed E-state index contributed by atoms with van der Waals surface area (Å²) in [5.41, 5.74) is 5.82. The van der Waals surface area contributed by atoms with Crippen LogP contribution in [0.4, 0.5) is 0 Å². The Balaban J connectivity index is 1.78. The second kappa shape index (κ2) is 5.86. The highest BCUT2D eigenvalue weighted by Gasteiger charge is 2.25. The number of nitrogens with zero attached hydrogens (tertiary/aromatic N) is 1. The van der Waals surface area contributed by atoms with Gasteiger partial charge in [-0.1, -0.05) is 25.7 Å². The maximum atomic E-state index is 5.82. The molecule has 0 spiro atoms. The minimum Gasteiger partial charge on any atom is -0.329 e. The summed E-state index contributed by atoms with van der Waals surface area (Å²) in [4.78, 5) is 2.66. The minimum absolute atomic E-state index is 0.702. The fraction of sp³-hybridized carbons (Fsp3) is 1.00. The molecular weight excluding hydrogens is 184 g/mol. The van der Waals surface area contributed by atoms with Crippen molar-refractivity contribution in [2.75, 3.05) is 19.6 Å². The molecular formula is C13H26N2. The molecule has 2 rings (SSSR count). The molecule has 1 saturated heterocycles. The summed E-state index contributed by atoms with van der Waals surface area (Å²) in [6.45, 7) is 3.51. The third kappa shape index (κ3) is 3.18. The lowest BCUT2D eigenvalue weighted by molar-refractivity contribution is 0.207. The lowest BCUT2D eigenvalue weighted by atomic mass is 9.99. The van der Waals surface area contributed by atoms with Crippen molar-refractivity contribution >= 4 is 0 Å². The molecule has 0 aromatic rings. The Bertz CT molecular complexity index is 173. The van der Waals surface area contributed by atoms with Crippen LogP contribution in [0.3, 0.4) is 0 Å². The van der Waals surface area contributed by atoms with Crippen molar-refractivity contribution < 1.29 is 0 Å². The first-order valence-corrected chi connectivity index (χ1v) is 6.84. The topological polar surface area (TPSA) is 29.3 Å². The zero-order valence-corrected chi connectivity index (χ0v) is 9.96. The molecule has 1 unspecified atom stereocenters. The average Bonchev–Trinajstić information content (AvgIpc) is 2.53. The molecule has 2 N–H and O–H groups in total. The normalized spacial score (nSPS) is 30.6. The molecule has 0 radical (unpaired) electrons. The molecule has 2 nitrogen and oxygen atoms in total. The van der Waals surface area contributed by atoms with Gasteiger partial charge in [-0.15, -0.1) is 0 Å². The van der Waals surface area contributed by atoms with Gasteiger partial charge < -0.3 is 5.73 Å². The lowest BCUT2D eigenvalue weighted by Crippen LogP contribution is -2.38. The number of nitrogens with two attached hydrogens (primary N) is 1. The van der Waals surface area contributed by atoms with Gasteiger partial charge in [-0.05, 0) is 38.1 Å². The Morgan fingerprint density at radius 1 is 0.933 bits per heavy atom. The van der Waals surface area contributed by atoms with Crippen molar-refractivity contribution in [1.29, 1.82) is 0 Å². The van der Waals surface area contributed by atoms with Crippen LogP contribution in [0.15, 0.2) is 0 Å². The van der Waals surface area contributed by atoms with Crippen LogP contribution in [0.2, 0.25) is 0 Å². The predicted molar refractivity (Wildman–Crippen MR) is 64.8 cm³/mol. The minimum atomic E-state index is 0.702. The van der Waals surface area contributed by atoms with Crippen molar-refractivity contribution in [2.45, 2.75) is 57.4 Å². The summed E-state index contributed by atoms with van der Waals surface area (Å²) in [6, 6.07) is 0.702. The lowest BCUT2D eigenvalue weighted by Gasteiger charge is -2.27. The average molecular weight is 210 g/mol. The summed E-state index contributed by atoms with van der Waals surface area (Å²) in [7, 11) is 0. The molecule has 0 bridgehead atoms. The van der Waals surface area contributed by atoms with E-state index in [1.54, 1.807) is 0 Å². The van der Waals surface area contributed by atoms with Gasteiger partial charge in [-0.3, -0.25) is 4.90 Å². The second-order valence-electron chi connectivity index (χ2n) is 5.38. The third-order valence-electron chi connectivity index (χ3n) is 4.24. The highest BCUT2D eigenvalue weighted by Crippen LogP contribution is 2.26. The fourth-order valence-corrected chi connectivity index (χ4v) is 3.28.